The number of rotatable bonds is 5. The highest BCUT2D eigenvalue weighted by atomic mass is 31.2. The van der Waals surface area contributed by atoms with Crippen LogP contribution in [0.2, 0.25) is 0 Å². The van der Waals surface area contributed by atoms with E-state index < -0.39 is 32.5 Å². The van der Waals surface area contributed by atoms with Crippen molar-refractivity contribution in [3.8, 4) is 0 Å². The number of carbonyl (C=O) groups excluding carboxylic acids is 2. The summed E-state index contributed by atoms with van der Waals surface area (Å²) in [6, 6.07) is 15.1. The van der Waals surface area contributed by atoms with Gasteiger partial charge >= 0.3 is 13.9 Å². The molecule has 0 bridgehead atoms. The van der Waals surface area contributed by atoms with Crippen LogP contribution in [0, 0.1) is 0 Å². The van der Waals surface area contributed by atoms with E-state index in [2.05, 4.69) is 4.52 Å². The molecule has 0 saturated carbocycles. The molecule has 2 N–H and O–H groups in total. The third kappa shape index (κ3) is 3.62. The summed E-state index contributed by atoms with van der Waals surface area (Å²) in [7, 11) is -4.80. The number of phosphoric acid groups is 1. The predicted octanol–water partition coefficient (Wildman–Crippen LogP) is 2.26. The van der Waals surface area contributed by atoms with Crippen molar-refractivity contribution in [1.29, 1.82) is 0 Å². The molecule has 1 aliphatic rings. The largest absolute Gasteiger partial charge is 0.471 e. The molecular weight excluding hydrogens is 347 g/mol. The zero-order valence-corrected chi connectivity index (χ0v) is 13.8. The van der Waals surface area contributed by atoms with E-state index in [1.807, 2.05) is 0 Å². The zero-order chi connectivity index (χ0) is 18.0. The first-order valence-electron chi connectivity index (χ1n) is 7.33. The van der Waals surface area contributed by atoms with Gasteiger partial charge in [-0.15, -0.1) is 0 Å². The molecule has 3 rings (SSSR count). The summed E-state index contributed by atoms with van der Waals surface area (Å²) in [5.41, 5.74) is 0.894. The normalized spacial score (nSPS) is 18.1. The molecule has 2 aromatic rings. The lowest BCUT2D eigenvalue weighted by Crippen LogP contribution is -2.34. The van der Waals surface area contributed by atoms with Gasteiger partial charge in [0.05, 0.1) is 5.69 Å². The first-order valence-corrected chi connectivity index (χ1v) is 8.86. The SMILES string of the molecule is O=C1C(c2ccccc2)N(COP(=O)(O)O)C(=O)N1c1ccccc1. The summed E-state index contributed by atoms with van der Waals surface area (Å²) in [4.78, 5) is 45.4. The Morgan fingerprint density at radius 3 is 2.08 bits per heavy atom. The van der Waals surface area contributed by atoms with Crippen LogP contribution < -0.4 is 4.90 Å². The van der Waals surface area contributed by atoms with Crippen LogP contribution in [0.1, 0.15) is 11.6 Å². The molecule has 1 aliphatic heterocycles. The summed E-state index contributed by atoms with van der Waals surface area (Å²) in [5, 5.41) is 0. The van der Waals surface area contributed by atoms with Gasteiger partial charge in [0.1, 0.15) is 12.8 Å². The number of phosphoric ester groups is 1. The van der Waals surface area contributed by atoms with Crippen molar-refractivity contribution in [2.24, 2.45) is 0 Å². The molecule has 0 radical (unpaired) electrons. The summed E-state index contributed by atoms with van der Waals surface area (Å²) < 4.78 is 15.5. The average molecular weight is 362 g/mol. The fourth-order valence-corrected chi connectivity index (χ4v) is 2.90. The second kappa shape index (κ2) is 6.78. The van der Waals surface area contributed by atoms with E-state index >= 15 is 0 Å². The monoisotopic (exact) mass is 362 g/mol. The highest BCUT2D eigenvalue weighted by Crippen LogP contribution is 2.39. The van der Waals surface area contributed by atoms with E-state index in [1.54, 1.807) is 60.7 Å². The smallest absolute Gasteiger partial charge is 0.303 e. The van der Waals surface area contributed by atoms with Crippen LogP contribution in [-0.4, -0.2) is 33.4 Å². The van der Waals surface area contributed by atoms with Crippen LogP contribution in [0.4, 0.5) is 10.5 Å². The maximum atomic E-state index is 12.9. The Bertz CT molecular complexity index is 823. The standard InChI is InChI=1S/C16H15N2O6P/c19-15-14(12-7-3-1-4-8-12)17(11-24-25(21,22)23)16(20)18(15)13-9-5-2-6-10-13/h1-10,14H,11H2,(H2,21,22,23). The molecule has 8 nitrogen and oxygen atoms in total. The third-order valence-electron chi connectivity index (χ3n) is 3.70. The molecular formula is C16H15N2O6P. The lowest BCUT2D eigenvalue weighted by atomic mass is 10.1. The number of hydrogen-bond donors (Lipinski definition) is 2. The minimum absolute atomic E-state index is 0.372. The molecule has 1 saturated heterocycles. The molecule has 1 unspecified atom stereocenters. The molecule has 1 fully saturated rings. The molecule has 9 heteroatoms. The second-order valence-corrected chi connectivity index (χ2v) is 6.56. The van der Waals surface area contributed by atoms with Gasteiger partial charge in [-0.05, 0) is 17.7 Å². The maximum Gasteiger partial charge on any atom is 0.471 e. The molecule has 2 aromatic carbocycles. The van der Waals surface area contributed by atoms with Crippen LogP contribution in [0.5, 0.6) is 0 Å². The van der Waals surface area contributed by atoms with Crippen LogP contribution in [0.15, 0.2) is 60.7 Å². The Morgan fingerprint density at radius 1 is 0.960 bits per heavy atom. The molecule has 0 spiro atoms. The number of urea groups is 1. The van der Waals surface area contributed by atoms with Gasteiger partial charge in [0.25, 0.3) is 5.91 Å². The lowest BCUT2D eigenvalue weighted by Gasteiger charge is -2.21. The summed E-state index contributed by atoms with van der Waals surface area (Å²) in [6.07, 6.45) is 0. The molecule has 130 valence electrons. The fraction of sp³-hybridized carbons (Fsp3) is 0.125. The number of amides is 3. The molecule has 1 atom stereocenters. The minimum Gasteiger partial charge on any atom is -0.303 e. The number of carbonyl (C=O) groups is 2. The van der Waals surface area contributed by atoms with E-state index in [4.69, 9.17) is 9.79 Å². The molecule has 0 aromatic heterocycles. The van der Waals surface area contributed by atoms with E-state index in [0.29, 0.717) is 11.3 Å². The van der Waals surface area contributed by atoms with Crippen molar-refractivity contribution in [2.45, 2.75) is 6.04 Å². The van der Waals surface area contributed by atoms with E-state index in [0.717, 1.165) is 9.80 Å². The van der Waals surface area contributed by atoms with Gasteiger partial charge in [0.2, 0.25) is 0 Å². The molecule has 25 heavy (non-hydrogen) atoms. The van der Waals surface area contributed by atoms with Crippen molar-refractivity contribution < 1.29 is 28.5 Å². The first-order chi connectivity index (χ1) is 11.9. The Balaban J connectivity index is 1.99. The molecule has 3 amide bonds. The number of benzene rings is 2. The van der Waals surface area contributed by atoms with Gasteiger partial charge in [0, 0.05) is 0 Å². The van der Waals surface area contributed by atoms with Gasteiger partial charge in [-0.3, -0.25) is 14.2 Å². The Hall–Kier alpha value is -2.51. The van der Waals surface area contributed by atoms with Crippen LogP contribution >= 0.6 is 7.82 Å². The Morgan fingerprint density at radius 2 is 1.52 bits per heavy atom. The van der Waals surface area contributed by atoms with Crippen molar-refractivity contribution in [1.82, 2.24) is 4.90 Å². The van der Waals surface area contributed by atoms with Crippen LogP contribution in [-0.2, 0) is 13.9 Å². The van der Waals surface area contributed by atoms with Gasteiger partial charge in [0.15, 0.2) is 0 Å². The topological polar surface area (TPSA) is 107 Å². The number of hydrogen-bond acceptors (Lipinski definition) is 4. The highest BCUT2D eigenvalue weighted by molar-refractivity contribution is 7.46. The summed E-state index contributed by atoms with van der Waals surface area (Å²) in [5.74, 6) is -0.517. The van der Waals surface area contributed by atoms with Crippen LogP contribution in [0.25, 0.3) is 0 Å². The lowest BCUT2D eigenvalue weighted by molar-refractivity contribution is -0.120. The quantitative estimate of drug-likeness (QED) is 0.624. The number of imide groups is 1. The predicted molar refractivity (Wildman–Crippen MR) is 88.3 cm³/mol. The molecule has 1 heterocycles. The van der Waals surface area contributed by atoms with Gasteiger partial charge in [-0.2, -0.15) is 0 Å². The van der Waals surface area contributed by atoms with Crippen molar-refractivity contribution in [3.05, 3.63) is 66.2 Å². The van der Waals surface area contributed by atoms with Gasteiger partial charge in [-0.25, -0.2) is 14.3 Å². The van der Waals surface area contributed by atoms with Gasteiger partial charge < -0.3 is 9.79 Å². The zero-order valence-electron chi connectivity index (χ0n) is 12.9. The first kappa shape index (κ1) is 17.3. The summed E-state index contributed by atoms with van der Waals surface area (Å²) >= 11 is 0. The number of nitrogens with zero attached hydrogens (tertiary/aromatic N) is 2. The van der Waals surface area contributed by atoms with Gasteiger partial charge in [-0.1, -0.05) is 48.5 Å². The van der Waals surface area contributed by atoms with Crippen molar-refractivity contribution >= 4 is 25.4 Å². The van der Waals surface area contributed by atoms with Crippen molar-refractivity contribution in [3.63, 3.8) is 0 Å². The maximum absolute atomic E-state index is 12.9. The number of para-hydroxylation sites is 1. The highest BCUT2D eigenvalue weighted by Gasteiger charge is 2.47. The second-order valence-electron chi connectivity index (χ2n) is 5.32. The fourth-order valence-electron chi connectivity index (χ4n) is 2.63. The number of anilines is 1. The third-order valence-corrected chi connectivity index (χ3v) is 4.15. The summed E-state index contributed by atoms with van der Waals surface area (Å²) in [6.45, 7) is -0.711. The van der Waals surface area contributed by atoms with Crippen molar-refractivity contribution in [2.75, 3.05) is 11.6 Å². The minimum atomic E-state index is -4.80. The Kier molecular flexibility index (Phi) is 4.69. The Labute approximate surface area is 143 Å². The average Bonchev–Trinajstić information content (AvgIpc) is 2.84. The van der Waals surface area contributed by atoms with Crippen LogP contribution in [0.3, 0.4) is 0 Å². The molecule has 0 aliphatic carbocycles. The van der Waals surface area contributed by atoms with E-state index in [1.165, 1.54) is 0 Å². The van der Waals surface area contributed by atoms with E-state index in [-0.39, 0.29) is 0 Å². The van der Waals surface area contributed by atoms with E-state index in [9.17, 15) is 14.2 Å².